The molecule has 0 spiro atoms. The lowest BCUT2D eigenvalue weighted by molar-refractivity contribution is -0.141. The van der Waals surface area contributed by atoms with Crippen LogP contribution < -0.4 is 5.32 Å². The Bertz CT molecular complexity index is 414. The van der Waals surface area contributed by atoms with Crippen LogP contribution in [0.3, 0.4) is 0 Å². The van der Waals surface area contributed by atoms with Crippen LogP contribution in [-0.2, 0) is 9.59 Å². The summed E-state index contributed by atoms with van der Waals surface area (Å²) in [6, 6.07) is 0.363. The number of nitrogens with zero attached hydrogens (tertiary/aromatic N) is 2. The van der Waals surface area contributed by atoms with Crippen molar-refractivity contribution in [1.29, 1.82) is 0 Å². The molecule has 1 saturated carbocycles. The fourth-order valence-corrected chi connectivity index (χ4v) is 3.46. The summed E-state index contributed by atoms with van der Waals surface area (Å²) >= 11 is 0. The van der Waals surface area contributed by atoms with Gasteiger partial charge in [-0.1, -0.05) is 27.7 Å². The summed E-state index contributed by atoms with van der Waals surface area (Å²) in [5.41, 5.74) is -0.322. The quantitative estimate of drug-likeness (QED) is 0.863. The van der Waals surface area contributed by atoms with Gasteiger partial charge in [0, 0.05) is 37.6 Å². The molecule has 0 aromatic heterocycles. The monoisotopic (exact) mass is 323 g/mol. The number of piperazine rings is 1. The molecule has 0 bridgehead atoms. The van der Waals surface area contributed by atoms with Crippen molar-refractivity contribution in [3.05, 3.63) is 0 Å². The van der Waals surface area contributed by atoms with Crippen LogP contribution >= 0.6 is 0 Å². The molecule has 5 nitrogen and oxygen atoms in total. The summed E-state index contributed by atoms with van der Waals surface area (Å²) in [7, 11) is 0. The Kier molecular flexibility index (Phi) is 6.06. The van der Waals surface area contributed by atoms with Crippen LogP contribution in [0.5, 0.6) is 0 Å². The Labute approximate surface area is 140 Å². The first-order chi connectivity index (χ1) is 10.8. The van der Waals surface area contributed by atoms with Crippen molar-refractivity contribution in [3.63, 3.8) is 0 Å². The highest BCUT2D eigenvalue weighted by molar-refractivity contribution is 5.81. The maximum absolute atomic E-state index is 12.3. The Balaban J connectivity index is 1.69. The smallest absolute Gasteiger partial charge is 0.234 e. The van der Waals surface area contributed by atoms with E-state index in [9.17, 15) is 9.59 Å². The molecular formula is C18H33N3O2. The summed E-state index contributed by atoms with van der Waals surface area (Å²) in [4.78, 5) is 28.6. The van der Waals surface area contributed by atoms with Crippen molar-refractivity contribution in [2.75, 3.05) is 32.7 Å². The van der Waals surface area contributed by atoms with E-state index in [0.717, 1.165) is 44.9 Å². The SMILES string of the molecule is CC1CCC(NC(=O)CN2CCN(C(=O)C(C)(C)C)CC2)CC1. The van der Waals surface area contributed by atoms with Gasteiger partial charge in [-0.05, 0) is 31.6 Å². The zero-order valence-electron chi connectivity index (χ0n) is 15.2. The minimum Gasteiger partial charge on any atom is -0.352 e. The van der Waals surface area contributed by atoms with Gasteiger partial charge < -0.3 is 10.2 Å². The Morgan fingerprint density at radius 3 is 2.09 bits per heavy atom. The predicted octanol–water partition coefficient (Wildman–Crippen LogP) is 1.87. The second-order valence-electron chi connectivity index (χ2n) is 8.34. The van der Waals surface area contributed by atoms with Crippen molar-refractivity contribution < 1.29 is 9.59 Å². The molecule has 0 radical (unpaired) electrons. The highest BCUT2D eigenvalue weighted by Crippen LogP contribution is 2.23. The molecule has 5 heteroatoms. The zero-order valence-corrected chi connectivity index (χ0v) is 15.2. The summed E-state index contributed by atoms with van der Waals surface area (Å²) in [5.74, 6) is 1.15. The van der Waals surface area contributed by atoms with Crippen molar-refractivity contribution in [3.8, 4) is 0 Å². The minimum atomic E-state index is -0.322. The van der Waals surface area contributed by atoms with Gasteiger partial charge in [-0.3, -0.25) is 14.5 Å². The van der Waals surface area contributed by atoms with Gasteiger partial charge in [-0.25, -0.2) is 0 Å². The topological polar surface area (TPSA) is 52.7 Å². The fourth-order valence-electron chi connectivity index (χ4n) is 3.46. The maximum atomic E-state index is 12.3. The molecule has 0 unspecified atom stereocenters. The molecule has 2 amide bonds. The van der Waals surface area contributed by atoms with Crippen LogP contribution in [0, 0.1) is 11.3 Å². The van der Waals surface area contributed by atoms with Gasteiger partial charge >= 0.3 is 0 Å². The van der Waals surface area contributed by atoms with Crippen LogP contribution in [0.25, 0.3) is 0 Å². The highest BCUT2D eigenvalue weighted by Gasteiger charge is 2.30. The van der Waals surface area contributed by atoms with Gasteiger partial charge in [0.25, 0.3) is 0 Å². The van der Waals surface area contributed by atoms with E-state index in [0.29, 0.717) is 12.6 Å². The highest BCUT2D eigenvalue weighted by atomic mass is 16.2. The molecule has 2 fully saturated rings. The average molecular weight is 323 g/mol. The fraction of sp³-hybridized carbons (Fsp3) is 0.889. The standard InChI is InChI=1S/C18H33N3O2/c1-14-5-7-15(8-6-14)19-16(22)13-20-9-11-21(12-10-20)17(23)18(2,3)4/h14-15H,5-13H2,1-4H3,(H,19,22). The molecule has 0 aromatic carbocycles. The van der Waals surface area contributed by atoms with E-state index in [1.165, 1.54) is 12.8 Å². The van der Waals surface area contributed by atoms with E-state index < -0.39 is 0 Å². The second-order valence-corrected chi connectivity index (χ2v) is 8.34. The molecule has 132 valence electrons. The van der Waals surface area contributed by atoms with Crippen molar-refractivity contribution >= 4 is 11.8 Å². The molecule has 23 heavy (non-hydrogen) atoms. The minimum absolute atomic E-state index is 0.139. The van der Waals surface area contributed by atoms with Gasteiger partial charge in [0.1, 0.15) is 0 Å². The average Bonchev–Trinajstić information content (AvgIpc) is 2.49. The van der Waals surface area contributed by atoms with E-state index in [-0.39, 0.29) is 17.2 Å². The molecule has 2 rings (SSSR count). The zero-order chi connectivity index (χ0) is 17.0. The van der Waals surface area contributed by atoms with Gasteiger partial charge in [0.05, 0.1) is 6.54 Å². The van der Waals surface area contributed by atoms with Crippen LogP contribution in [0.15, 0.2) is 0 Å². The van der Waals surface area contributed by atoms with Crippen molar-refractivity contribution in [2.45, 2.75) is 59.4 Å². The molecule has 1 heterocycles. The number of amides is 2. The summed E-state index contributed by atoms with van der Waals surface area (Å²) in [6.07, 6.45) is 4.67. The van der Waals surface area contributed by atoms with Crippen molar-refractivity contribution in [2.24, 2.45) is 11.3 Å². The molecule has 1 saturated heterocycles. The van der Waals surface area contributed by atoms with E-state index in [1.807, 2.05) is 25.7 Å². The first kappa shape index (κ1) is 18.2. The van der Waals surface area contributed by atoms with Crippen LogP contribution in [-0.4, -0.2) is 60.4 Å². The lowest BCUT2D eigenvalue weighted by Gasteiger charge is -2.37. The summed E-state index contributed by atoms with van der Waals surface area (Å²) in [6.45, 7) is 11.7. The van der Waals surface area contributed by atoms with Gasteiger partial charge in [0.2, 0.25) is 11.8 Å². The molecule has 2 aliphatic rings. The van der Waals surface area contributed by atoms with E-state index >= 15 is 0 Å². The normalized spacial score (nSPS) is 26.9. The van der Waals surface area contributed by atoms with E-state index in [2.05, 4.69) is 17.1 Å². The largest absolute Gasteiger partial charge is 0.352 e. The van der Waals surface area contributed by atoms with E-state index in [1.54, 1.807) is 0 Å². The summed E-state index contributed by atoms with van der Waals surface area (Å²) in [5, 5.41) is 3.18. The lowest BCUT2D eigenvalue weighted by Crippen LogP contribution is -2.53. The summed E-state index contributed by atoms with van der Waals surface area (Å²) < 4.78 is 0. The molecule has 1 aliphatic carbocycles. The number of hydrogen-bond acceptors (Lipinski definition) is 3. The van der Waals surface area contributed by atoms with Gasteiger partial charge in [-0.2, -0.15) is 0 Å². The molecule has 0 atom stereocenters. The number of rotatable bonds is 3. The molecule has 1 N–H and O–H groups in total. The van der Waals surface area contributed by atoms with Crippen LogP contribution in [0.2, 0.25) is 0 Å². The number of hydrogen-bond donors (Lipinski definition) is 1. The third-order valence-corrected chi connectivity index (χ3v) is 5.05. The van der Waals surface area contributed by atoms with E-state index in [4.69, 9.17) is 0 Å². The molecule has 0 aromatic rings. The Morgan fingerprint density at radius 2 is 1.57 bits per heavy atom. The molecule has 1 aliphatic heterocycles. The van der Waals surface area contributed by atoms with Crippen molar-refractivity contribution in [1.82, 2.24) is 15.1 Å². The number of nitrogens with one attached hydrogen (secondary N) is 1. The van der Waals surface area contributed by atoms with Gasteiger partial charge in [0.15, 0.2) is 0 Å². The Hall–Kier alpha value is -1.10. The molecular weight excluding hydrogens is 290 g/mol. The maximum Gasteiger partial charge on any atom is 0.234 e. The first-order valence-corrected chi connectivity index (χ1v) is 9.07. The van der Waals surface area contributed by atoms with Crippen LogP contribution in [0.1, 0.15) is 53.4 Å². The van der Waals surface area contributed by atoms with Gasteiger partial charge in [-0.15, -0.1) is 0 Å². The predicted molar refractivity (Wildman–Crippen MR) is 92.0 cm³/mol. The Morgan fingerprint density at radius 1 is 1.00 bits per heavy atom. The number of carbonyl (C=O) groups is 2. The number of carbonyl (C=O) groups excluding carboxylic acids is 2. The second kappa shape index (κ2) is 7.65. The third kappa shape index (κ3) is 5.48. The third-order valence-electron chi connectivity index (χ3n) is 5.05. The first-order valence-electron chi connectivity index (χ1n) is 9.07. The van der Waals surface area contributed by atoms with Crippen LogP contribution in [0.4, 0.5) is 0 Å². The lowest BCUT2D eigenvalue weighted by atomic mass is 9.87.